The van der Waals surface area contributed by atoms with Gasteiger partial charge in [0.05, 0.1) is 13.2 Å². The summed E-state index contributed by atoms with van der Waals surface area (Å²) < 4.78 is 4.98. The Labute approximate surface area is 120 Å². The van der Waals surface area contributed by atoms with Crippen LogP contribution in [0.25, 0.3) is 0 Å². The van der Waals surface area contributed by atoms with Gasteiger partial charge in [0.25, 0.3) is 0 Å². The lowest BCUT2D eigenvalue weighted by Crippen LogP contribution is -2.38. The number of rotatable bonds is 7. The average Bonchev–Trinajstić information content (AvgIpc) is 2.39. The standard InChI is InChI=1S/C14H22ClN3O/c1-3-16-14(18-9-10-19-2)17-8-7-12-5-4-6-13(15)11-12/h4-6,11H,3,7-10H2,1-2H3,(H2,16,17,18). The fourth-order valence-electron chi connectivity index (χ4n) is 1.61. The molecule has 4 nitrogen and oxygen atoms in total. The summed E-state index contributed by atoms with van der Waals surface area (Å²) in [6.45, 7) is 4.99. The number of hydrogen-bond acceptors (Lipinski definition) is 2. The first-order chi connectivity index (χ1) is 9.26. The van der Waals surface area contributed by atoms with E-state index in [1.54, 1.807) is 7.11 Å². The molecular weight excluding hydrogens is 262 g/mol. The molecule has 0 amide bonds. The summed E-state index contributed by atoms with van der Waals surface area (Å²) in [5.74, 6) is 0.821. The summed E-state index contributed by atoms with van der Waals surface area (Å²) >= 11 is 5.95. The molecule has 1 aromatic carbocycles. The SMILES string of the molecule is CCNC(=NCCOC)NCCc1cccc(Cl)c1. The van der Waals surface area contributed by atoms with E-state index in [1.165, 1.54) is 5.56 Å². The Morgan fingerprint density at radius 1 is 1.37 bits per heavy atom. The summed E-state index contributed by atoms with van der Waals surface area (Å²) in [7, 11) is 1.68. The summed E-state index contributed by atoms with van der Waals surface area (Å²) in [6.07, 6.45) is 0.912. The maximum absolute atomic E-state index is 5.95. The Morgan fingerprint density at radius 2 is 2.21 bits per heavy atom. The van der Waals surface area contributed by atoms with Crippen LogP contribution in [0.5, 0.6) is 0 Å². The van der Waals surface area contributed by atoms with Gasteiger partial charge in [0.2, 0.25) is 0 Å². The predicted molar refractivity (Wildman–Crippen MR) is 81.0 cm³/mol. The first-order valence-corrected chi connectivity index (χ1v) is 6.89. The number of nitrogens with zero attached hydrogens (tertiary/aromatic N) is 1. The van der Waals surface area contributed by atoms with E-state index in [0.717, 1.165) is 30.5 Å². The molecule has 0 fully saturated rings. The number of methoxy groups -OCH3 is 1. The molecule has 0 saturated heterocycles. The zero-order chi connectivity index (χ0) is 13.9. The Kier molecular flexibility index (Phi) is 8.02. The fourth-order valence-corrected chi connectivity index (χ4v) is 1.82. The van der Waals surface area contributed by atoms with Crippen LogP contribution in [0.2, 0.25) is 5.02 Å². The maximum atomic E-state index is 5.95. The zero-order valence-corrected chi connectivity index (χ0v) is 12.3. The fraction of sp³-hybridized carbons (Fsp3) is 0.500. The third kappa shape index (κ3) is 7.03. The van der Waals surface area contributed by atoms with Gasteiger partial charge in [-0.05, 0) is 31.0 Å². The van der Waals surface area contributed by atoms with Gasteiger partial charge < -0.3 is 15.4 Å². The second-order valence-corrected chi connectivity index (χ2v) is 4.50. The smallest absolute Gasteiger partial charge is 0.191 e. The highest BCUT2D eigenvalue weighted by atomic mass is 35.5. The lowest BCUT2D eigenvalue weighted by Gasteiger charge is -2.11. The Balaban J connectivity index is 2.37. The van der Waals surface area contributed by atoms with Crippen LogP contribution in [0.3, 0.4) is 0 Å². The lowest BCUT2D eigenvalue weighted by molar-refractivity contribution is 0.208. The Bertz CT molecular complexity index is 396. The van der Waals surface area contributed by atoms with Gasteiger partial charge in [-0.15, -0.1) is 0 Å². The molecule has 0 aliphatic carbocycles. The Hall–Kier alpha value is -1.26. The molecule has 106 valence electrons. The van der Waals surface area contributed by atoms with Crippen molar-refractivity contribution in [3.05, 3.63) is 34.9 Å². The molecule has 1 aromatic rings. The summed E-state index contributed by atoms with van der Waals surface area (Å²) in [6, 6.07) is 7.91. The van der Waals surface area contributed by atoms with Crippen molar-refractivity contribution in [2.24, 2.45) is 4.99 Å². The van der Waals surface area contributed by atoms with Gasteiger partial charge in [-0.1, -0.05) is 23.7 Å². The second kappa shape index (κ2) is 9.64. The number of halogens is 1. The number of benzene rings is 1. The molecule has 0 aromatic heterocycles. The van der Waals surface area contributed by atoms with Crippen LogP contribution in [0.1, 0.15) is 12.5 Å². The molecule has 1 rings (SSSR count). The number of hydrogen-bond donors (Lipinski definition) is 2. The van der Waals surface area contributed by atoms with Crippen molar-refractivity contribution in [2.75, 3.05) is 33.4 Å². The number of nitrogens with one attached hydrogen (secondary N) is 2. The van der Waals surface area contributed by atoms with E-state index < -0.39 is 0 Å². The highest BCUT2D eigenvalue weighted by molar-refractivity contribution is 6.30. The van der Waals surface area contributed by atoms with Crippen LogP contribution < -0.4 is 10.6 Å². The van der Waals surface area contributed by atoms with Crippen LogP contribution in [0, 0.1) is 0 Å². The van der Waals surface area contributed by atoms with Crippen LogP contribution in [0.15, 0.2) is 29.3 Å². The van der Waals surface area contributed by atoms with Crippen molar-refractivity contribution in [2.45, 2.75) is 13.3 Å². The quantitative estimate of drug-likeness (QED) is 0.458. The number of guanidine groups is 1. The minimum absolute atomic E-state index is 0.630. The van der Waals surface area contributed by atoms with Crippen molar-refractivity contribution >= 4 is 17.6 Å². The van der Waals surface area contributed by atoms with Gasteiger partial charge >= 0.3 is 0 Å². The molecule has 0 spiro atoms. The van der Waals surface area contributed by atoms with Gasteiger partial charge in [-0.2, -0.15) is 0 Å². The van der Waals surface area contributed by atoms with Crippen molar-refractivity contribution in [1.29, 1.82) is 0 Å². The number of ether oxygens (including phenoxy) is 1. The van der Waals surface area contributed by atoms with E-state index in [9.17, 15) is 0 Å². The van der Waals surface area contributed by atoms with E-state index >= 15 is 0 Å². The third-order valence-corrected chi connectivity index (χ3v) is 2.74. The highest BCUT2D eigenvalue weighted by Crippen LogP contribution is 2.10. The second-order valence-electron chi connectivity index (χ2n) is 4.06. The molecule has 0 unspecified atom stereocenters. The monoisotopic (exact) mass is 283 g/mol. The van der Waals surface area contributed by atoms with Crippen LogP contribution in [0.4, 0.5) is 0 Å². The summed E-state index contributed by atoms with van der Waals surface area (Å²) in [5.41, 5.74) is 1.22. The van der Waals surface area contributed by atoms with E-state index in [4.69, 9.17) is 16.3 Å². The molecule has 0 aliphatic rings. The van der Waals surface area contributed by atoms with E-state index in [1.807, 2.05) is 25.1 Å². The van der Waals surface area contributed by atoms with Crippen molar-refractivity contribution < 1.29 is 4.74 Å². The molecule has 0 aliphatic heterocycles. The summed E-state index contributed by atoms with van der Waals surface area (Å²) in [4.78, 5) is 4.40. The minimum atomic E-state index is 0.630. The maximum Gasteiger partial charge on any atom is 0.191 e. The minimum Gasteiger partial charge on any atom is -0.383 e. The molecule has 0 heterocycles. The third-order valence-electron chi connectivity index (χ3n) is 2.50. The lowest BCUT2D eigenvalue weighted by atomic mass is 10.1. The van der Waals surface area contributed by atoms with Crippen molar-refractivity contribution in [1.82, 2.24) is 10.6 Å². The van der Waals surface area contributed by atoms with Crippen molar-refractivity contribution in [3.63, 3.8) is 0 Å². The molecular formula is C14H22ClN3O. The molecule has 0 saturated carbocycles. The van der Waals surface area contributed by atoms with Gasteiger partial charge in [0, 0.05) is 25.2 Å². The van der Waals surface area contributed by atoms with Crippen LogP contribution >= 0.6 is 11.6 Å². The molecule has 2 N–H and O–H groups in total. The topological polar surface area (TPSA) is 45.7 Å². The molecule has 0 radical (unpaired) electrons. The molecule has 5 heteroatoms. The van der Waals surface area contributed by atoms with Crippen molar-refractivity contribution in [3.8, 4) is 0 Å². The first-order valence-electron chi connectivity index (χ1n) is 6.51. The van der Waals surface area contributed by atoms with E-state index in [0.29, 0.717) is 13.2 Å². The largest absolute Gasteiger partial charge is 0.383 e. The van der Waals surface area contributed by atoms with E-state index in [2.05, 4.69) is 21.7 Å². The van der Waals surface area contributed by atoms with Gasteiger partial charge in [-0.25, -0.2) is 0 Å². The molecule has 0 atom stereocenters. The number of aliphatic imine (C=N–C) groups is 1. The average molecular weight is 284 g/mol. The van der Waals surface area contributed by atoms with E-state index in [-0.39, 0.29) is 0 Å². The zero-order valence-electron chi connectivity index (χ0n) is 11.6. The van der Waals surface area contributed by atoms with Gasteiger partial charge in [-0.3, -0.25) is 4.99 Å². The predicted octanol–water partition coefficient (Wildman–Crippen LogP) is 2.08. The molecule has 19 heavy (non-hydrogen) atoms. The van der Waals surface area contributed by atoms with Crippen LogP contribution in [-0.4, -0.2) is 39.3 Å². The van der Waals surface area contributed by atoms with Gasteiger partial charge in [0.15, 0.2) is 5.96 Å². The van der Waals surface area contributed by atoms with Gasteiger partial charge in [0.1, 0.15) is 0 Å². The molecule has 0 bridgehead atoms. The Morgan fingerprint density at radius 3 is 2.89 bits per heavy atom. The normalized spacial score (nSPS) is 11.4. The van der Waals surface area contributed by atoms with Crippen LogP contribution in [-0.2, 0) is 11.2 Å². The summed E-state index contributed by atoms with van der Waals surface area (Å²) in [5, 5.41) is 7.26. The highest BCUT2D eigenvalue weighted by Gasteiger charge is 1.98. The first kappa shape index (κ1) is 15.8.